The number of H-pyrrole nitrogens is 2. The number of nitriles is 1. The average molecular weight is 419 g/mol. The van der Waals surface area contributed by atoms with E-state index in [1.807, 2.05) is 25.3 Å². The van der Waals surface area contributed by atoms with Gasteiger partial charge in [0.25, 0.3) is 0 Å². The number of aromatic nitrogens is 6. The average Bonchev–Trinajstić information content (AvgIpc) is 3.47. The predicted octanol–water partition coefficient (Wildman–Crippen LogP) is 2.96. The van der Waals surface area contributed by atoms with Gasteiger partial charge in [-0.1, -0.05) is 0 Å². The molecule has 10 heteroatoms. The van der Waals surface area contributed by atoms with Crippen molar-refractivity contribution in [3.63, 3.8) is 0 Å². The summed E-state index contributed by atoms with van der Waals surface area (Å²) in [6.07, 6.45) is 8.67. The molecule has 160 valence electrons. The topological polar surface area (TPSA) is 134 Å². The molecule has 2 atom stereocenters. The molecule has 31 heavy (non-hydrogen) atoms. The van der Waals surface area contributed by atoms with Crippen molar-refractivity contribution in [1.82, 2.24) is 35.3 Å². The van der Waals surface area contributed by atoms with E-state index < -0.39 is 0 Å². The van der Waals surface area contributed by atoms with E-state index in [2.05, 4.69) is 42.0 Å². The van der Waals surface area contributed by atoms with Gasteiger partial charge in [-0.15, -0.1) is 0 Å². The van der Waals surface area contributed by atoms with Crippen LogP contribution in [0.1, 0.15) is 37.8 Å². The number of hydrogen-bond acceptors (Lipinski definition) is 8. The van der Waals surface area contributed by atoms with Crippen LogP contribution < -0.4 is 10.6 Å². The highest BCUT2D eigenvalue weighted by Crippen LogP contribution is 2.36. The van der Waals surface area contributed by atoms with Gasteiger partial charge in [-0.2, -0.15) is 20.4 Å². The first-order chi connectivity index (χ1) is 15.2. The van der Waals surface area contributed by atoms with Crippen LogP contribution in [0.4, 0.5) is 17.6 Å². The molecule has 2 bridgehead atoms. The van der Waals surface area contributed by atoms with E-state index in [1.165, 1.54) is 12.8 Å². The monoisotopic (exact) mass is 418 g/mol. The molecule has 0 amide bonds. The van der Waals surface area contributed by atoms with Crippen molar-refractivity contribution in [3.8, 4) is 17.3 Å². The number of nitrogens with zero attached hydrogens (tertiary/aromatic N) is 6. The second-order valence-electron chi connectivity index (χ2n) is 8.35. The third-order valence-corrected chi connectivity index (χ3v) is 6.18. The minimum Gasteiger partial charge on any atom is -0.351 e. The summed E-state index contributed by atoms with van der Waals surface area (Å²) in [5.74, 6) is 1.99. The fourth-order valence-electron chi connectivity index (χ4n) is 4.85. The van der Waals surface area contributed by atoms with Gasteiger partial charge in [0.2, 0.25) is 5.95 Å². The number of hydrogen-bond donors (Lipinski definition) is 4. The molecule has 2 aliphatic rings. The Bertz CT molecular complexity index is 1050. The lowest BCUT2D eigenvalue weighted by molar-refractivity contribution is 0.135. The molecule has 10 nitrogen and oxygen atoms in total. The molecular weight excluding hydrogens is 392 g/mol. The van der Waals surface area contributed by atoms with E-state index in [9.17, 15) is 0 Å². The van der Waals surface area contributed by atoms with Crippen LogP contribution in [0.15, 0.2) is 24.5 Å². The fourth-order valence-corrected chi connectivity index (χ4v) is 4.85. The molecule has 2 fully saturated rings. The number of rotatable bonds is 7. The van der Waals surface area contributed by atoms with E-state index in [-0.39, 0.29) is 0 Å². The minimum atomic E-state index is 0.316. The quantitative estimate of drug-likeness (QED) is 0.460. The van der Waals surface area contributed by atoms with E-state index in [0.29, 0.717) is 42.1 Å². The van der Waals surface area contributed by atoms with Gasteiger partial charge in [-0.25, -0.2) is 4.98 Å². The van der Waals surface area contributed by atoms with Crippen LogP contribution in [-0.4, -0.2) is 59.9 Å². The maximum Gasteiger partial charge on any atom is 0.225 e. The van der Waals surface area contributed by atoms with E-state index in [0.717, 1.165) is 36.3 Å². The molecule has 0 radical (unpaired) electrons. The van der Waals surface area contributed by atoms with Crippen molar-refractivity contribution >= 4 is 17.6 Å². The molecule has 4 N–H and O–H groups in total. The Hall–Kier alpha value is -3.45. The second kappa shape index (κ2) is 8.35. The zero-order valence-electron chi connectivity index (χ0n) is 17.5. The van der Waals surface area contributed by atoms with Crippen LogP contribution in [0.25, 0.3) is 11.3 Å². The summed E-state index contributed by atoms with van der Waals surface area (Å²) in [6.45, 7) is 2.83. The summed E-state index contributed by atoms with van der Waals surface area (Å²) >= 11 is 0. The van der Waals surface area contributed by atoms with Crippen LogP contribution in [-0.2, 0) is 0 Å². The lowest BCUT2D eigenvalue weighted by Gasteiger charge is -2.38. The third kappa shape index (κ3) is 4.22. The summed E-state index contributed by atoms with van der Waals surface area (Å²) in [7, 11) is 0. The molecule has 2 aliphatic heterocycles. The first kappa shape index (κ1) is 19.5. The molecule has 3 aromatic heterocycles. The Morgan fingerprint density at radius 1 is 1.19 bits per heavy atom. The van der Waals surface area contributed by atoms with E-state index in [1.54, 1.807) is 6.20 Å². The molecule has 0 spiro atoms. The van der Waals surface area contributed by atoms with Gasteiger partial charge in [-0.3, -0.25) is 15.1 Å². The van der Waals surface area contributed by atoms with Gasteiger partial charge in [0, 0.05) is 60.7 Å². The number of nitrogens with one attached hydrogen (secondary N) is 4. The fraction of sp³-hybridized carbons (Fsp3) is 0.476. The van der Waals surface area contributed by atoms with Crippen molar-refractivity contribution in [2.75, 3.05) is 17.2 Å². The molecule has 2 unspecified atom stereocenters. The van der Waals surface area contributed by atoms with Crippen molar-refractivity contribution in [2.45, 2.75) is 57.2 Å². The summed E-state index contributed by atoms with van der Waals surface area (Å²) in [5.41, 5.74) is 2.66. The standard InChI is InChI=1S/C21H26N10/c1-13-7-20(30-29-13)27-19-10-18(14-11-23-24-12-14)26-21(28-19)25-15-8-16-3-4-17(9-15)31(16)6-2-5-22/h7,10-12,15-17H,2-4,6,8-9H2,1H3,(H,23,24)(H3,25,26,27,28,29,30). The highest BCUT2D eigenvalue weighted by Gasteiger charge is 2.40. The van der Waals surface area contributed by atoms with Crippen molar-refractivity contribution in [3.05, 3.63) is 30.2 Å². The van der Waals surface area contributed by atoms with Crippen molar-refractivity contribution in [2.24, 2.45) is 0 Å². The van der Waals surface area contributed by atoms with Crippen molar-refractivity contribution in [1.29, 1.82) is 5.26 Å². The van der Waals surface area contributed by atoms with Crippen LogP contribution in [0.2, 0.25) is 0 Å². The van der Waals surface area contributed by atoms with Crippen LogP contribution in [0.3, 0.4) is 0 Å². The number of fused-ring (bicyclic) bond motifs is 2. The molecule has 2 saturated heterocycles. The van der Waals surface area contributed by atoms with Gasteiger partial charge >= 0.3 is 0 Å². The summed E-state index contributed by atoms with van der Waals surface area (Å²) in [4.78, 5) is 12.0. The van der Waals surface area contributed by atoms with Gasteiger partial charge in [0.1, 0.15) is 5.82 Å². The maximum absolute atomic E-state index is 8.95. The lowest BCUT2D eigenvalue weighted by atomic mass is 9.97. The smallest absolute Gasteiger partial charge is 0.225 e. The molecule has 5 rings (SSSR count). The molecule has 0 saturated carbocycles. The predicted molar refractivity (Wildman–Crippen MR) is 117 cm³/mol. The molecule has 0 aliphatic carbocycles. The van der Waals surface area contributed by atoms with Crippen LogP contribution >= 0.6 is 0 Å². The number of anilines is 3. The number of aryl methyl sites for hydroxylation is 1. The van der Waals surface area contributed by atoms with Gasteiger partial charge < -0.3 is 10.6 Å². The molecular formula is C21H26N10. The van der Waals surface area contributed by atoms with Gasteiger partial charge in [0.05, 0.1) is 18.0 Å². The zero-order valence-corrected chi connectivity index (χ0v) is 17.5. The highest BCUT2D eigenvalue weighted by molar-refractivity contribution is 5.65. The van der Waals surface area contributed by atoms with Crippen LogP contribution in [0, 0.1) is 18.3 Å². The summed E-state index contributed by atoms with van der Waals surface area (Å²) < 4.78 is 0. The van der Waals surface area contributed by atoms with Gasteiger partial charge in [-0.05, 0) is 32.6 Å². The summed E-state index contributed by atoms with van der Waals surface area (Å²) in [6, 6.07) is 7.49. The zero-order chi connectivity index (χ0) is 21.2. The third-order valence-electron chi connectivity index (χ3n) is 6.18. The Morgan fingerprint density at radius 3 is 2.71 bits per heavy atom. The normalized spacial score (nSPS) is 22.9. The minimum absolute atomic E-state index is 0.316. The first-order valence-electron chi connectivity index (χ1n) is 10.7. The largest absolute Gasteiger partial charge is 0.351 e. The first-order valence-corrected chi connectivity index (χ1v) is 10.7. The van der Waals surface area contributed by atoms with Crippen molar-refractivity contribution < 1.29 is 0 Å². The Kier molecular flexibility index (Phi) is 5.26. The molecule has 0 aromatic carbocycles. The van der Waals surface area contributed by atoms with E-state index >= 15 is 0 Å². The Balaban J connectivity index is 1.35. The lowest BCUT2D eigenvalue weighted by Crippen LogP contribution is -2.47. The van der Waals surface area contributed by atoms with Crippen LogP contribution in [0.5, 0.6) is 0 Å². The Morgan fingerprint density at radius 2 is 2.03 bits per heavy atom. The SMILES string of the molecule is Cc1cc(Nc2cc(-c3cn[nH]c3)nc(NC3CC4CCC(C3)N4CCC#N)n2)n[nH]1. The molecule has 5 heterocycles. The molecule has 3 aromatic rings. The highest BCUT2D eigenvalue weighted by atomic mass is 15.3. The summed E-state index contributed by atoms with van der Waals surface area (Å²) in [5, 5.41) is 29.9. The second-order valence-corrected chi connectivity index (χ2v) is 8.35. The number of aromatic amines is 2. The maximum atomic E-state index is 8.95. The Labute approximate surface area is 180 Å². The van der Waals surface area contributed by atoms with E-state index in [4.69, 9.17) is 15.2 Å². The number of piperidine rings is 1. The van der Waals surface area contributed by atoms with Gasteiger partial charge in [0.15, 0.2) is 5.82 Å².